The average Bonchev–Trinajstić information content (AvgIpc) is 2.34. The molecule has 0 heterocycles. The second-order valence-electron chi connectivity index (χ2n) is 4.00. The van der Waals surface area contributed by atoms with Crippen molar-refractivity contribution in [3.63, 3.8) is 0 Å². The molecular weight excluding hydrogens is 252 g/mol. The fourth-order valence-corrected chi connectivity index (χ4v) is 2.02. The van der Waals surface area contributed by atoms with Crippen molar-refractivity contribution in [1.29, 1.82) is 0 Å². The van der Waals surface area contributed by atoms with Crippen LogP contribution in [0.4, 0.5) is 0 Å². The average molecular weight is 268 g/mol. The van der Waals surface area contributed by atoms with Gasteiger partial charge in [-0.3, -0.25) is 4.79 Å². The van der Waals surface area contributed by atoms with Crippen LogP contribution < -0.4 is 4.74 Å². The zero-order valence-corrected chi connectivity index (χ0v) is 11.4. The number of thioether (sulfide) groups is 1. The van der Waals surface area contributed by atoms with E-state index in [1.165, 1.54) is 37.1 Å². The van der Waals surface area contributed by atoms with Gasteiger partial charge in [-0.25, -0.2) is 4.79 Å². The Hall–Kier alpha value is -1.49. The van der Waals surface area contributed by atoms with Gasteiger partial charge in [0.1, 0.15) is 5.75 Å². The minimum Gasteiger partial charge on any atom is -0.496 e. The van der Waals surface area contributed by atoms with Crippen LogP contribution >= 0.6 is 11.8 Å². The molecule has 0 radical (unpaired) electrons. The quantitative estimate of drug-likeness (QED) is 0.804. The summed E-state index contributed by atoms with van der Waals surface area (Å²) in [4.78, 5) is 22.9. The Morgan fingerprint density at radius 3 is 2.56 bits per heavy atom. The molecule has 1 rings (SSSR count). The van der Waals surface area contributed by atoms with Crippen molar-refractivity contribution < 1.29 is 19.4 Å². The Bertz CT molecular complexity index is 454. The monoisotopic (exact) mass is 268 g/mol. The van der Waals surface area contributed by atoms with Crippen molar-refractivity contribution in [1.82, 2.24) is 0 Å². The van der Waals surface area contributed by atoms with Crippen LogP contribution in [0.3, 0.4) is 0 Å². The van der Waals surface area contributed by atoms with E-state index in [0.29, 0.717) is 22.3 Å². The molecule has 18 heavy (non-hydrogen) atoms. The maximum atomic E-state index is 12.0. The Labute approximate surface area is 110 Å². The number of hydrogen-bond acceptors (Lipinski definition) is 4. The van der Waals surface area contributed by atoms with Crippen molar-refractivity contribution >= 4 is 23.5 Å². The van der Waals surface area contributed by atoms with Gasteiger partial charge in [0.15, 0.2) is 5.78 Å². The molecule has 0 amide bonds. The largest absolute Gasteiger partial charge is 0.496 e. The van der Waals surface area contributed by atoms with Gasteiger partial charge in [0.05, 0.1) is 24.0 Å². The number of carboxylic acid groups (broad SMARTS) is 1. The topological polar surface area (TPSA) is 63.6 Å². The summed E-state index contributed by atoms with van der Waals surface area (Å²) in [5, 5.41) is 9.27. The molecule has 0 aromatic heterocycles. The second kappa shape index (κ2) is 6.44. The van der Waals surface area contributed by atoms with E-state index in [-0.39, 0.29) is 11.3 Å². The molecule has 0 bridgehead atoms. The smallest absolute Gasteiger partial charge is 0.335 e. The van der Waals surface area contributed by atoms with E-state index in [0.717, 1.165) is 0 Å². The molecule has 0 spiro atoms. The molecule has 5 heteroatoms. The minimum atomic E-state index is -1.05. The molecule has 0 unspecified atom stereocenters. The first-order chi connectivity index (χ1) is 8.45. The number of carbonyl (C=O) groups excluding carboxylic acids is 1. The predicted octanol–water partition coefficient (Wildman–Crippen LogP) is 2.72. The first-order valence-corrected chi connectivity index (χ1v) is 6.56. The number of methoxy groups -OCH3 is 1. The van der Waals surface area contributed by atoms with Crippen molar-refractivity contribution in [2.24, 2.45) is 0 Å². The van der Waals surface area contributed by atoms with Crippen LogP contribution in [-0.4, -0.2) is 35.0 Å². The third kappa shape index (κ3) is 3.77. The molecule has 1 aromatic rings. The molecule has 0 fully saturated rings. The number of ketones is 1. The SMILES string of the molecule is COc1ccc(C(=O)O)cc1C(=O)CSC(C)C. The number of carboxylic acids is 1. The maximum absolute atomic E-state index is 12.0. The highest BCUT2D eigenvalue weighted by atomic mass is 32.2. The Morgan fingerprint density at radius 2 is 2.06 bits per heavy atom. The molecule has 0 aliphatic carbocycles. The minimum absolute atomic E-state index is 0.0914. The van der Waals surface area contributed by atoms with Gasteiger partial charge in [-0.15, -0.1) is 0 Å². The number of ether oxygens (including phenoxy) is 1. The maximum Gasteiger partial charge on any atom is 0.335 e. The van der Waals surface area contributed by atoms with E-state index >= 15 is 0 Å². The number of Topliss-reactive ketones (excluding diaryl/α,β-unsaturated/α-hetero) is 1. The number of rotatable bonds is 6. The van der Waals surface area contributed by atoms with Crippen molar-refractivity contribution in [3.05, 3.63) is 29.3 Å². The van der Waals surface area contributed by atoms with Crippen LogP contribution in [0.5, 0.6) is 5.75 Å². The van der Waals surface area contributed by atoms with Crippen LogP contribution in [0.25, 0.3) is 0 Å². The summed E-state index contributed by atoms with van der Waals surface area (Å²) < 4.78 is 5.08. The summed E-state index contributed by atoms with van der Waals surface area (Å²) in [5.41, 5.74) is 0.416. The lowest BCUT2D eigenvalue weighted by atomic mass is 10.1. The highest BCUT2D eigenvalue weighted by Crippen LogP contribution is 2.23. The number of hydrogen-bond donors (Lipinski definition) is 1. The first kappa shape index (κ1) is 14.6. The lowest BCUT2D eigenvalue weighted by molar-refractivity contribution is 0.0697. The zero-order valence-electron chi connectivity index (χ0n) is 10.6. The molecule has 0 aliphatic heterocycles. The molecular formula is C13H16O4S. The lowest BCUT2D eigenvalue weighted by Gasteiger charge is -2.09. The van der Waals surface area contributed by atoms with E-state index in [1.54, 1.807) is 0 Å². The van der Waals surface area contributed by atoms with Crippen LogP contribution in [0.15, 0.2) is 18.2 Å². The zero-order chi connectivity index (χ0) is 13.7. The third-order valence-electron chi connectivity index (χ3n) is 2.29. The summed E-state index contributed by atoms with van der Waals surface area (Å²) in [7, 11) is 1.46. The summed E-state index contributed by atoms with van der Waals surface area (Å²) in [5.74, 6) is -0.442. The molecule has 98 valence electrons. The van der Waals surface area contributed by atoms with Crippen LogP contribution in [0.2, 0.25) is 0 Å². The Balaban J connectivity index is 3.00. The second-order valence-corrected chi connectivity index (χ2v) is 5.57. The number of benzene rings is 1. The Kier molecular flexibility index (Phi) is 5.22. The van der Waals surface area contributed by atoms with Gasteiger partial charge in [-0.1, -0.05) is 13.8 Å². The molecule has 0 atom stereocenters. The standard InChI is InChI=1S/C13H16O4S/c1-8(2)18-7-11(14)10-6-9(13(15)16)4-5-12(10)17-3/h4-6,8H,7H2,1-3H3,(H,15,16). The lowest BCUT2D eigenvalue weighted by Crippen LogP contribution is -2.09. The first-order valence-electron chi connectivity index (χ1n) is 5.51. The van der Waals surface area contributed by atoms with Crippen LogP contribution in [-0.2, 0) is 0 Å². The van der Waals surface area contributed by atoms with E-state index < -0.39 is 5.97 Å². The Morgan fingerprint density at radius 1 is 1.39 bits per heavy atom. The summed E-state index contributed by atoms with van der Waals surface area (Å²) in [6.45, 7) is 4.01. The fourth-order valence-electron chi connectivity index (χ4n) is 1.38. The van der Waals surface area contributed by atoms with Crippen molar-refractivity contribution in [3.8, 4) is 5.75 Å². The van der Waals surface area contributed by atoms with Crippen molar-refractivity contribution in [2.75, 3.05) is 12.9 Å². The molecule has 0 aliphatic rings. The predicted molar refractivity (Wildman–Crippen MR) is 71.9 cm³/mol. The summed E-state index contributed by atoms with van der Waals surface area (Å²) in [6.07, 6.45) is 0. The van der Waals surface area contributed by atoms with Gasteiger partial charge in [-0.2, -0.15) is 11.8 Å². The van der Waals surface area contributed by atoms with Gasteiger partial charge >= 0.3 is 5.97 Å². The molecule has 0 saturated heterocycles. The normalized spacial score (nSPS) is 10.4. The van der Waals surface area contributed by atoms with Gasteiger partial charge in [-0.05, 0) is 23.4 Å². The number of carbonyl (C=O) groups is 2. The van der Waals surface area contributed by atoms with Crippen molar-refractivity contribution in [2.45, 2.75) is 19.1 Å². The van der Waals surface area contributed by atoms with Gasteiger partial charge < -0.3 is 9.84 Å². The number of aromatic carboxylic acids is 1. The van der Waals surface area contributed by atoms with E-state index in [9.17, 15) is 9.59 Å². The van der Waals surface area contributed by atoms with Crippen LogP contribution in [0, 0.1) is 0 Å². The summed E-state index contributed by atoms with van der Waals surface area (Å²) >= 11 is 1.52. The molecule has 4 nitrogen and oxygen atoms in total. The third-order valence-corrected chi connectivity index (χ3v) is 3.39. The van der Waals surface area contributed by atoms with Gasteiger partial charge in [0.2, 0.25) is 0 Å². The van der Waals surface area contributed by atoms with E-state index in [1.807, 2.05) is 13.8 Å². The molecule has 1 N–H and O–H groups in total. The molecule has 1 aromatic carbocycles. The van der Waals surface area contributed by atoms with Gasteiger partial charge in [0.25, 0.3) is 0 Å². The highest BCUT2D eigenvalue weighted by molar-refractivity contribution is 8.00. The highest BCUT2D eigenvalue weighted by Gasteiger charge is 2.15. The van der Waals surface area contributed by atoms with Crippen LogP contribution in [0.1, 0.15) is 34.6 Å². The van der Waals surface area contributed by atoms with E-state index in [4.69, 9.17) is 9.84 Å². The fraction of sp³-hybridized carbons (Fsp3) is 0.385. The molecule has 0 saturated carbocycles. The summed E-state index contributed by atoms with van der Waals surface area (Å²) in [6, 6.07) is 4.30. The van der Waals surface area contributed by atoms with E-state index in [2.05, 4.69) is 0 Å². The van der Waals surface area contributed by atoms with Gasteiger partial charge in [0, 0.05) is 0 Å².